The van der Waals surface area contributed by atoms with Crippen molar-refractivity contribution in [3.05, 3.63) is 59.4 Å². The molecule has 0 saturated heterocycles. The van der Waals surface area contributed by atoms with Crippen molar-refractivity contribution >= 4 is 72.4 Å². The summed E-state index contributed by atoms with van der Waals surface area (Å²) in [5, 5.41) is 4.74. The van der Waals surface area contributed by atoms with Crippen LogP contribution >= 0.6 is 66.7 Å². The van der Waals surface area contributed by atoms with Crippen molar-refractivity contribution in [2.24, 2.45) is 0 Å². The largest absolute Gasteiger partial charge is 0.377 e. The molecule has 0 spiro atoms. The van der Waals surface area contributed by atoms with Crippen molar-refractivity contribution in [2.75, 3.05) is 5.32 Å². The van der Waals surface area contributed by atoms with E-state index in [4.69, 9.17) is 34.8 Å². The minimum absolute atomic E-state index is 0.0254. The van der Waals surface area contributed by atoms with E-state index in [1.807, 2.05) is 19.9 Å². The highest BCUT2D eigenvalue weighted by Crippen LogP contribution is 2.39. The molecule has 6 heteroatoms. The SMILES string of the molecule is Cc1cc(Br)c(NC(C)c2ccc(Cl)c(Cl)c2Cl)c(Br)c1. The number of anilines is 1. The Morgan fingerprint density at radius 2 is 1.57 bits per heavy atom. The van der Waals surface area contributed by atoms with Gasteiger partial charge in [-0.1, -0.05) is 40.9 Å². The van der Waals surface area contributed by atoms with E-state index in [2.05, 4.69) is 49.3 Å². The quantitative estimate of drug-likeness (QED) is 0.453. The Morgan fingerprint density at radius 1 is 1.00 bits per heavy atom. The van der Waals surface area contributed by atoms with Crippen molar-refractivity contribution in [1.29, 1.82) is 0 Å². The molecule has 21 heavy (non-hydrogen) atoms. The smallest absolute Gasteiger partial charge is 0.0782 e. The minimum atomic E-state index is -0.0254. The number of aryl methyl sites for hydroxylation is 1. The molecule has 0 aliphatic heterocycles. The monoisotopic (exact) mass is 469 g/mol. The Hall–Kier alpha value is 0.0700. The van der Waals surface area contributed by atoms with Crippen LogP contribution in [-0.2, 0) is 0 Å². The van der Waals surface area contributed by atoms with Crippen LogP contribution in [0.1, 0.15) is 24.1 Å². The maximum absolute atomic E-state index is 6.28. The summed E-state index contributed by atoms with van der Waals surface area (Å²) in [6, 6.07) is 7.71. The topological polar surface area (TPSA) is 12.0 Å². The summed E-state index contributed by atoms with van der Waals surface area (Å²) in [5.74, 6) is 0. The third-order valence-electron chi connectivity index (χ3n) is 3.08. The molecule has 2 aromatic rings. The first-order chi connectivity index (χ1) is 9.81. The molecule has 0 bridgehead atoms. The van der Waals surface area contributed by atoms with E-state index in [1.165, 1.54) is 5.56 Å². The van der Waals surface area contributed by atoms with Gasteiger partial charge in [-0.05, 0) is 75.0 Å². The van der Waals surface area contributed by atoms with Gasteiger partial charge in [0, 0.05) is 8.95 Å². The highest BCUT2D eigenvalue weighted by Gasteiger charge is 2.16. The van der Waals surface area contributed by atoms with E-state index >= 15 is 0 Å². The normalized spacial score (nSPS) is 12.3. The molecule has 2 rings (SSSR count). The van der Waals surface area contributed by atoms with Crippen molar-refractivity contribution in [3.8, 4) is 0 Å². The Morgan fingerprint density at radius 3 is 2.14 bits per heavy atom. The van der Waals surface area contributed by atoms with Crippen LogP contribution in [0.2, 0.25) is 15.1 Å². The van der Waals surface area contributed by atoms with Gasteiger partial charge in [0.05, 0.1) is 26.8 Å². The van der Waals surface area contributed by atoms with E-state index in [1.54, 1.807) is 6.07 Å². The van der Waals surface area contributed by atoms with Gasteiger partial charge in [-0.2, -0.15) is 0 Å². The van der Waals surface area contributed by atoms with Crippen LogP contribution in [0.5, 0.6) is 0 Å². The van der Waals surface area contributed by atoms with Gasteiger partial charge in [-0.15, -0.1) is 0 Å². The zero-order valence-corrected chi connectivity index (χ0v) is 16.7. The summed E-state index contributed by atoms with van der Waals surface area (Å²) in [7, 11) is 0. The molecular weight excluding hydrogens is 460 g/mol. The second-order valence-electron chi connectivity index (χ2n) is 4.73. The van der Waals surface area contributed by atoms with Crippen molar-refractivity contribution in [1.82, 2.24) is 0 Å². The summed E-state index contributed by atoms with van der Waals surface area (Å²) in [5.41, 5.74) is 3.03. The summed E-state index contributed by atoms with van der Waals surface area (Å²) < 4.78 is 1.97. The van der Waals surface area contributed by atoms with Crippen molar-refractivity contribution in [2.45, 2.75) is 19.9 Å². The predicted molar refractivity (Wildman–Crippen MR) is 100 cm³/mol. The number of hydrogen-bond donors (Lipinski definition) is 1. The van der Waals surface area contributed by atoms with Crippen LogP contribution in [0.15, 0.2) is 33.2 Å². The van der Waals surface area contributed by atoms with Crippen LogP contribution in [0.25, 0.3) is 0 Å². The van der Waals surface area contributed by atoms with Gasteiger partial charge < -0.3 is 5.32 Å². The van der Waals surface area contributed by atoms with Crippen LogP contribution in [0.3, 0.4) is 0 Å². The number of nitrogens with one attached hydrogen (secondary N) is 1. The maximum Gasteiger partial charge on any atom is 0.0782 e. The van der Waals surface area contributed by atoms with Crippen molar-refractivity contribution in [3.63, 3.8) is 0 Å². The molecule has 0 heterocycles. The summed E-state index contributed by atoms with van der Waals surface area (Å²) in [6.07, 6.45) is 0. The van der Waals surface area contributed by atoms with E-state index in [0.29, 0.717) is 15.1 Å². The van der Waals surface area contributed by atoms with Gasteiger partial charge in [0.1, 0.15) is 0 Å². The van der Waals surface area contributed by atoms with Crippen molar-refractivity contribution < 1.29 is 0 Å². The molecule has 2 aromatic carbocycles. The molecule has 112 valence electrons. The van der Waals surface area contributed by atoms with E-state index in [0.717, 1.165) is 20.2 Å². The molecule has 1 N–H and O–H groups in total. The third-order valence-corrected chi connectivity index (χ3v) is 5.64. The molecule has 0 aromatic heterocycles. The summed E-state index contributed by atoms with van der Waals surface area (Å²) >= 11 is 25.5. The standard InChI is InChI=1S/C15H12Br2Cl3N/c1-7-5-10(16)15(11(17)6-7)21-8(2)9-3-4-12(18)14(20)13(9)19/h3-6,8,21H,1-2H3. The highest BCUT2D eigenvalue weighted by atomic mass is 79.9. The lowest BCUT2D eigenvalue weighted by Crippen LogP contribution is -2.08. The number of hydrogen-bond acceptors (Lipinski definition) is 1. The zero-order valence-electron chi connectivity index (χ0n) is 11.3. The molecule has 0 radical (unpaired) electrons. The Labute approximate surface area is 156 Å². The van der Waals surface area contributed by atoms with Gasteiger partial charge in [0.2, 0.25) is 0 Å². The second-order valence-corrected chi connectivity index (χ2v) is 7.61. The molecule has 0 amide bonds. The molecule has 0 aliphatic rings. The van der Waals surface area contributed by atoms with Crippen LogP contribution < -0.4 is 5.32 Å². The fourth-order valence-electron chi connectivity index (χ4n) is 2.01. The van der Waals surface area contributed by atoms with E-state index in [9.17, 15) is 0 Å². The number of rotatable bonds is 3. The lowest BCUT2D eigenvalue weighted by atomic mass is 10.1. The molecule has 1 atom stereocenters. The fraction of sp³-hybridized carbons (Fsp3) is 0.200. The molecule has 0 fully saturated rings. The van der Waals surface area contributed by atoms with Gasteiger partial charge in [-0.3, -0.25) is 0 Å². The highest BCUT2D eigenvalue weighted by molar-refractivity contribution is 9.11. The van der Waals surface area contributed by atoms with Gasteiger partial charge in [0.25, 0.3) is 0 Å². The minimum Gasteiger partial charge on any atom is -0.377 e. The average Bonchev–Trinajstić information content (AvgIpc) is 2.40. The number of benzene rings is 2. The predicted octanol–water partition coefficient (Wildman–Crippen LogP) is 7.65. The van der Waals surface area contributed by atoms with Gasteiger partial charge in [-0.25, -0.2) is 0 Å². The molecular formula is C15H12Br2Cl3N. The summed E-state index contributed by atoms with van der Waals surface area (Å²) in [4.78, 5) is 0. The van der Waals surface area contributed by atoms with Crippen LogP contribution in [-0.4, -0.2) is 0 Å². The zero-order chi connectivity index (χ0) is 15.7. The van der Waals surface area contributed by atoms with E-state index < -0.39 is 0 Å². The first-order valence-electron chi connectivity index (χ1n) is 6.16. The van der Waals surface area contributed by atoms with E-state index in [-0.39, 0.29) is 6.04 Å². The molecule has 1 unspecified atom stereocenters. The van der Waals surface area contributed by atoms with Crippen LogP contribution in [0.4, 0.5) is 5.69 Å². The first kappa shape index (κ1) is 17.4. The molecule has 0 aliphatic carbocycles. The Balaban J connectivity index is 2.35. The van der Waals surface area contributed by atoms with Gasteiger partial charge >= 0.3 is 0 Å². The average molecular weight is 472 g/mol. The molecule has 1 nitrogen and oxygen atoms in total. The molecule has 0 saturated carbocycles. The fourth-order valence-corrected chi connectivity index (χ4v) is 4.36. The van der Waals surface area contributed by atoms with Gasteiger partial charge in [0.15, 0.2) is 0 Å². The lowest BCUT2D eigenvalue weighted by molar-refractivity contribution is 0.882. The van der Waals surface area contributed by atoms with Crippen LogP contribution in [0, 0.1) is 6.92 Å². The summed E-state index contributed by atoms with van der Waals surface area (Å²) in [6.45, 7) is 4.06. The third kappa shape index (κ3) is 3.89. The maximum atomic E-state index is 6.28. The Bertz CT molecular complexity index is 666. The lowest BCUT2D eigenvalue weighted by Gasteiger charge is -2.20. The second kappa shape index (κ2) is 7.10. The number of halogens is 5. The Kier molecular flexibility index (Phi) is 5.89. The first-order valence-corrected chi connectivity index (χ1v) is 8.88.